The molecule has 3 heterocycles. The van der Waals surface area contributed by atoms with Crippen LogP contribution in [0.4, 0.5) is 0 Å². The number of H-pyrrole nitrogens is 1. The molecule has 1 atom stereocenters. The van der Waals surface area contributed by atoms with Gasteiger partial charge >= 0.3 is 0 Å². The summed E-state index contributed by atoms with van der Waals surface area (Å²) in [5, 5.41) is 9.97. The highest BCUT2D eigenvalue weighted by Crippen LogP contribution is 2.23. The van der Waals surface area contributed by atoms with E-state index in [4.69, 9.17) is 10.00 Å². The zero-order chi connectivity index (χ0) is 17.2. The summed E-state index contributed by atoms with van der Waals surface area (Å²) < 4.78 is 5.78. The maximum Gasteiger partial charge on any atom is 0.256 e. The lowest BCUT2D eigenvalue weighted by atomic mass is 10.1. The number of nitrogens with one attached hydrogen (secondary N) is 1. The van der Waals surface area contributed by atoms with Crippen molar-refractivity contribution in [1.29, 1.82) is 5.26 Å². The van der Waals surface area contributed by atoms with Gasteiger partial charge in [0.1, 0.15) is 12.2 Å². The summed E-state index contributed by atoms with van der Waals surface area (Å²) in [6, 6.07) is 9.69. The Bertz CT molecular complexity index is 975. The van der Waals surface area contributed by atoms with E-state index in [1.54, 1.807) is 11.1 Å². The Balaban J connectivity index is 1.49. The van der Waals surface area contributed by atoms with E-state index in [1.165, 1.54) is 12.4 Å². The van der Waals surface area contributed by atoms with Crippen LogP contribution >= 0.6 is 0 Å². The standard InChI is InChI=1S/C18H15N5O2/c19-9-16-17(21-7-6-20-16)25-12-5-8-23(11-12)18(24)14-10-22-15-4-2-1-3-13(14)15/h1-4,6-7,10,12,22H,5,8,11H2. The van der Waals surface area contributed by atoms with Crippen LogP contribution in [0, 0.1) is 11.3 Å². The summed E-state index contributed by atoms with van der Waals surface area (Å²) in [6.07, 6.45) is 5.18. The second kappa shape index (κ2) is 6.24. The molecule has 0 spiro atoms. The van der Waals surface area contributed by atoms with E-state index < -0.39 is 0 Å². The molecule has 124 valence electrons. The van der Waals surface area contributed by atoms with Gasteiger partial charge in [0.2, 0.25) is 5.69 Å². The highest BCUT2D eigenvalue weighted by atomic mass is 16.5. The lowest BCUT2D eigenvalue weighted by molar-refractivity contribution is 0.0773. The minimum Gasteiger partial charge on any atom is -0.470 e. The van der Waals surface area contributed by atoms with E-state index in [0.29, 0.717) is 25.1 Å². The van der Waals surface area contributed by atoms with Gasteiger partial charge in [0.25, 0.3) is 11.8 Å². The van der Waals surface area contributed by atoms with Crippen LogP contribution in [0.3, 0.4) is 0 Å². The fourth-order valence-electron chi connectivity index (χ4n) is 3.07. The van der Waals surface area contributed by atoms with Crippen LogP contribution in [0.5, 0.6) is 5.88 Å². The number of aromatic nitrogens is 3. The quantitative estimate of drug-likeness (QED) is 0.792. The van der Waals surface area contributed by atoms with Gasteiger partial charge in [-0.2, -0.15) is 5.26 Å². The van der Waals surface area contributed by atoms with Gasteiger partial charge in [-0.05, 0) is 6.07 Å². The van der Waals surface area contributed by atoms with Crippen LogP contribution in [0.25, 0.3) is 10.9 Å². The maximum atomic E-state index is 12.8. The summed E-state index contributed by atoms with van der Waals surface area (Å²) in [5.41, 5.74) is 1.76. The topological polar surface area (TPSA) is 94.9 Å². The van der Waals surface area contributed by atoms with E-state index in [-0.39, 0.29) is 23.6 Å². The lowest BCUT2D eigenvalue weighted by Crippen LogP contribution is -2.31. The third-order valence-corrected chi connectivity index (χ3v) is 4.30. The van der Waals surface area contributed by atoms with Crippen molar-refractivity contribution in [1.82, 2.24) is 19.9 Å². The van der Waals surface area contributed by atoms with E-state index in [1.807, 2.05) is 30.3 Å². The van der Waals surface area contributed by atoms with Gasteiger partial charge in [-0.15, -0.1) is 0 Å². The summed E-state index contributed by atoms with van der Waals surface area (Å²) in [7, 11) is 0. The molecule has 1 aliphatic heterocycles. The molecule has 7 nitrogen and oxygen atoms in total. The van der Waals surface area contributed by atoms with Crippen LogP contribution < -0.4 is 4.74 Å². The summed E-state index contributed by atoms with van der Waals surface area (Å²) in [6.45, 7) is 1.06. The largest absolute Gasteiger partial charge is 0.470 e. The first-order valence-corrected chi connectivity index (χ1v) is 7.99. The second-order valence-corrected chi connectivity index (χ2v) is 5.85. The Labute approximate surface area is 143 Å². The molecule has 1 amide bonds. The number of rotatable bonds is 3. The number of amides is 1. The van der Waals surface area contributed by atoms with Crippen molar-refractivity contribution < 1.29 is 9.53 Å². The van der Waals surface area contributed by atoms with Crippen molar-refractivity contribution in [3.05, 3.63) is 54.1 Å². The Morgan fingerprint density at radius 3 is 3.04 bits per heavy atom. The number of carbonyl (C=O) groups excluding carboxylic acids is 1. The van der Waals surface area contributed by atoms with E-state index in [2.05, 4.69) is 15.0 Å². The van der Waals surface area contributed by atoms with Gasteiger partial charge in [-0.25, -0.2) is 9.97 Å². The SMILES string of the molecule is N#Cc1nccnc1OC1CCN(C(=O)c2c[nH]c3ccccc23)C1. The molecule has 4 rings (SSSR count). The summed E-state index contributed by atoms with van der Waals surface area (Å²) >= 11 is 0. The molecule has 0 bridgehead atoms. The predicted molar refractivity (Wildman–Crippen MR) is 90.0 cm³/mol. The van der Waals surface area contributed by atoms with Crippen LogP contribution in [0.2, 0.25) is 0 Å². The number of nitriles is 1. The van der Waals surface area contributed by atoms with Crippen molar-refractivity contribution in [3.63, 3.8) is 0 Å². The zero-order valence-corrected chi connectivity index (χ0v) is 13.3. The van der Waals surface area contributed by atoms with Crippen molar-refractivity contribution >= 4 is 16.8 Å². The van der Waals surface area contributed by atoms with Crippen LogP contribution in [-0.4, -0.2) is 45.0 Å². The monoisotopic (exact) mass is 333 g/mol. The lowest BCUT2D eigenvalue weighted by Gasteiger charge is -2.16. The summed E-state index contributed by atoms with van der Waals surface area (Å²) in [5.74, 6) is 0.194. The zero-order valence-electron chi connectivity index (χ0n) is 13.3. The van der Waals surface area contributed by atoms with Gasteiger partial charge in [0, 0.05) is 42.5 Å². The van der Waals surface area contributed by atoms with Crippen LogP contribution in [0.1, 0.15) is 22.5 Å². The molecule has 1 N–H and O–H groups in total. The molecular formula is C18H15N5O2. The van der Waals surface area contributed by atoms with Gasteiger partial charge in [0.15, 0.2) is 0 Å². The molecule has 7 heteroatoms. The minimum absolute atomic E-state index is 0.0248. The number of nitrogens with zero attached hydrogens (tertiary/aromatic N) is 4. The van der Waals surface area contributed by atoms with Gasteiger partial charge in [0.05, 0.1) is 12.1 Å². The number of fused-ring (bicyclic) bond motifs is 1. The number of likely N-dealkylation sites (tertiary alicyclic amines) is 1. The molecule has 1 unspecified atom stereocenters. The van der Waals surface area contributed by atoms with Crippen molar-refractivity contribution in [2.75, 3.05) is 13.1 Å². The molecule has 25 heavy (non-hydrogen) atoms. The molecule has 0 aliphatic carbocycles. The molecule has 3 aromatic rings. The minimum atomic E-state index is -0.196. The Kier molecular flexibility index (Phi) is 3.78. The molecule has 1 aromatic carbocycles. The highest BCUT2D eigenvalue weighted by molar-refractivity contribution is 6.06. The normalized spacial score (nSPS) is 16.8. The number of ether oxygens (including phenoxy) is 1. The van der Waals surface area contributed by atoms with Gasteiger partial charge in [-0.3, -0.25) is 4.79 Å². The maximum absolute atomic E-state index is 12.8. The number of hydrogen-bond donors (Lipinski definition) is 1. The van der Waals surface area contributed by atoms with E-state index >= 15 is 0 Å². The first-order valence-electron chi connectivity index (χ1n) is 7.99. The third-order valence-electron chi connectivity index (χ3n) is 4.30. The third kappa shape index (κ3) is 2.78. The molecule has 0 radical (unpaired) electrons. The number of carbonyl (C=O) groups is 1. The fourth-order valence-corrected chi connectivity index (χ4v) is 3.07. The van der Waals surface area contributed by atoms with Crippen molar-refractivity contribution in [2.24, 2.45) is 0 Å². The second-order valence-electron chi connectivity index (χ2n) is 5.85. The Hall–Kier alpha value is -3.40. The average molecular weight is 333 g/mol. The first kappa shape index (κ1) is 15.1. The van der Waals surface area contributed by atoms with Crippen molar-refractivity contribution in [2.45, 2.75) is 12.5 Å². The smallest absolute Gasteiger partial charge is 0.256 e. The number of hydrogen-bond acceptors (Lipinski definition) is 5. The first-order chi connectivity index (χ1) is 12.3. The highest BCUT2D eigenvalue weighted by Gasteiger charge is 2.30. The number of benzene rings is 1. The summed E-state index contributed by atoms with van der Waals surface area (Å²) in [4.78, 5) is 25.7. The number of aromatic amines is 1. The molecule has 1 aliphatic rings. The van der Waals surface area contributed by atoms with E-state index in [0.717, 1.165) is 10.9 Å². The molecule has 1 saturated heterocycles. The Morgan fingerprint density at radius 1 is 1.32 bits per heavy atom. The molecule has 0 saturated carbocycles. The number of para-hydroxylation sites is 1. The predicted octanol–water partition coefficient (Wildman–Crippen LogP) is 2.12. The molecule has 2 aromatic heterocycles. The van der Waals surface area contributed by atoms with Crippen LogP contribution in [0.15, 0.2) is 42.9 Å². The van der Waals surface area contributed by atoms with Gasteiger partial charge < -0.3 is 14.6 Å². The van der Waals surface area contributed by atoms with Crippen LogP contribution in [-0.2, 0) is 0 Å². The molecule has 1 fully saturated rings. The Morgan fingerprint density at radius 2 is 2.16 bits per heavy atom. The fraction of sp³-hybridized carbons (Fsp3) is 0.222. The van der Waals surface area contributed by atoms with Gasteiger partial charge in [-0.1, -0.05) is 18.2 Å². The van der Waals surface area contributed by atoms with E-state index in [9.17, 15) is 4.79 Å². The average Bonchev–Trinajstić information content (AvgIpc) is 3.28. The molecular weight excluding hydrogens is 318 g/mol. The van der Waals surface area contributed by atoms with Crippen molar-refractivity contribution in [3.8, 4) is 11.9 Å².